The van der Waals surface area contributed by atoms with Gasteiger partial charge in [-0.15, -0.1) is 0 Å². The number of benzene rings is 1. The molecule has 0 aliphatic rings. The van der Waals surface area contributed by atoms with Crippen LogP contribution in [0.2, 0.25) is 0 Å². The first-order valence-electron chi connectivity index (χ1n) is 5.57. The molecule has 0 aromatic heterocycles. The van der Waals surface area contributed by atoms with Gasteiger partial charge in [0, 0.05) is 25.1 Å². The van der Waals surface area contributed by atoms with Gasteiger partial charge in [0.25, 0.3) is 0 Å². The van der Waals surface area contributed by atoms with Crippen molar-refractivity contribution in [1.29, 1.82) is 0 Å². The van der Waals surface area contributed by atoms with Crippen LogP contribution in [-0.2, 0) is 4.74 Å². The van der Waals surface area contributed by atoms with Gasteiger partial charge in [-0.1, -0.05) is 18.2 Å². The summed E-state index contributed by atoms with van der Waals surface area (Å²) in [7, 11) is 0. The van der Waals surface area contributed by atoms with Crippen molar-refractivity contribution in [1.82, 2.24) is 0 Å². The molecule has 0 amide bonds. The molecule has 0 spiro atoms. The van der Waals surface area contributed by atoms with Gasteiger partial charge in [-0.3, -0.25) is 0 Å². The standard InChI is InChI=1S/C12H15F4NO/c13-10-5-2-1-4-9(10)11(8-17)18-7-3-6-12(14,15)16/h1-2,4-5,11H,3,6-8,17H2. The number of hydrogen-bond donors (Lipinski definition) is 1. The molecule has 2 N–H and O–H groups in total. The number of halogens is 4. The maximum Gasteiger partial charge on any atom is 0.389 e. The maximum atomic E-state index is 13.4. The summed E-state index contributed by atoms with van der Waals surface area (Å²) in [5.41, 5.74) is 5.70. The van der Waals surface area contributed by atoms with Crippen molar-refractivity contribution < 1.29 is 22.3 Å². The van der Waals surface area contributed by atoms with Crippen molar-refractivity contribution in [2.24, 2.45) is 5.73 Å². The van der Waals surface area contributed by atoms with E-state index in [9.17, 15) is 17.6 Å². The molecule has 0 aliphatic carbocycles. The third-order valence-corrected chi connectivity index (χ3v) is 2.39. The van der Waals surface area contributed by atoms with Crippen molar-refractivity contribution in [3.63, 3.8) is 0 Å². The fourth-order valence-electron chi connectivity index (χ4n) is 1.52. The van der Waals surface area contributed by atoms with E-state index in [1.807, 2.05) is 0 Å². The fraction of sp³-hybridized carbons (Fsp3) is 0.500. The Bertz CT molecular complexity index is 367. The van der Waals surface area contributed by atoms with Crippen molar-refractivity contribution in [2.45, 2.75) is 25.1 Å². The Morgan fingerprint density at radius 3 is 2.44 bits per heavy atom. The second-order valence-electron chi connectivity index (χ2n) is 3.84. The molecule has 102 valence electrons. The van der Waals surface area contributed by atoms with Gasteiger partial charge in [0.2, 0.25) is 0 Å². The molecule has 0 radical (unpaired) electrons. The quantitative estimate of drug-likeness (QED) is 0.633. The van der Waals surface area contributed by atoms with Gasteiger partial charge in [0.15, 0.2) is 0 Å². The van der Waals surface area contributed by atoms with E-state index in [4.69, 9.17) is 10.5 Å². The molecule has 0 aliphatic heterocycles. The van der Waals surface area contributed by atoms with Gasteiger partial charge in [0.1, 0.15) is 5.82 Å². The van der Waals surface area contributed by atoms with Crippen LogP contribution in [0, 0.1) is 5.82 Å². The topological polar surface area (TPSA) is 35.2 Å². The average Bonchev–Trinajstić information content (AvgIpc) is 2.29. The summed E-state index contributed by atoms with van der Waals surface area (Å²) < 4.78 is 54.3. The maximum absolute atomic E-state index is 13.4. The van der Waals surface area contributed by atoms with Gasteiger partial charge in [-0.05, 0) is 12.5 Å². The Kier molecular flexibility index (Phi) is 5.55. The van der Waals surface area contributed by atoms with Crippen LogP contribution < -0.4 is 5.73 Å². The molecule has 0 heterocycles. The lowest BCUT2D eigenvalue weighted by atomic mass is 10.1. The highest BCUT2D eigenvalue weighted by atomic mass is 19.4. The van der Waals surface area contributed by atoms with Crippen LogP contribution in [0.1, 0.15) is 24.5 Å². The first kappa shape index (κ1) is 14.9. The third-order valence-electron chi connectivity index (χ3n) is 2.39. The Morgan fingerprint density at radius 1 is 1.22 bits per heavy atom. The molecule has 1 atom stereocenters. The normalized spacial score (nSPS) is 13.6. The van der Waals surface area contributed by atoms with Crippen LogP contribution in [-0.4, -0.2) is 19.3 Å². The van der Waals surface area contributed by atoms with E-state index in [0.29, 0.717) is 0 Å². The van der Waals surface area contributed by atoms with E-state index in [1.165, 1.54) is 18.2 Å². The Hall–Kier alpha value is -1.14. The molecule has 0 fully saturated rings. The molecule has 6 heteroatoms. The molecule has 1 rings (SSSR count). The summed E-state index contributed by atoms with van der Waals surface area (Å²) >= 11 is 0. The van der Waals surface area contributed by atoms with E-state index in [0.717, 1.165) is 0 Å². The van der Waals surface area contributed by atoms with E-state index >= 15 is 0 Å². The summed E-state index contributed by atoms with van der Waals surface area (Å²) in [6.07, 6.45) is -5.98. The van der Waals surface area contributed by atoms with Crippen molar-refractivity contribution in [3.8, 4) is 0 Å². The Morgan fingerprint density at radius 2 is 1.89 bits per heavy atom. The van der Waals surface area contributed by atoms with Gasteiger partial charge >= 0.3 is 6.18 Å². The molecular weight excluding hydrogens is 250 g/mol. The summed E-state index contributed by atoms with van der Waals surface area (Å²) in [5, 5.41) is 0. The SMILES string of the molecule is NCC(OCCCC(F)(F)F)c1ccccc1F. The van der Waals surface area contributed by atoms with E-state index < -0.39 is 24.5 Å². The zero-order chi connectivity index (χ0) is 13.6. The highest BCUT2D eigenvalue weighted by Gasteiger charge is 2.26. The number of nitrogens with two attached hydrogens (primary N) is 1. The van der Waals surface area contributed by atoms with Crippen LogP contribution >= 0.6 is 0 Å². The van der Waals surface area contributed by atoms with Crippen LogP contribution in [0.5, 0.6) is 0 Å². The molecular formula is C12H15F4NO. The predicted octanol–water partition coefficient (Wildman–Crippen LogP) is 3.18. The monoisotopic (exact) mass is 265 g/mol. The summed E-state index contributed by atoms with van der Waals surface area (Å²) in [4.78, 5) is 0. The summed E-state index contributed by atoms with van der Waals surface area (Å²) in [6, 6.07) is 5.92. The third kappa shape index (κ3) is 5.01. The van der Waals surface area contributed by atoms with Gasteiger partial charge in [-0.25, -0.2) is 4.39 Å². The smallest absolute Gasteiger partial charge is 0.372 e. The Balaban J connectivity index is 2.46. The van der Waals surface area contributed by atoms with Crippen molar-refractivity contribution in [2.75, 3.05) is 13.2 Å². The second kappa shape index (κ2) is 6.70. The lowest BCUT2D eigenvalue weighted by Crippen LogP contribution is -2.18. The van der Waals surface area contributed by atoms with Crippen molar-refractivity contribution >= 4 is 0 Å². The lowest BCUT2D eigenvalue weighted by Gasteiger charge is -2.17. The molecule has 1 unspecified atom stereocenters. The first-order valence-corrected chi connectivity index (χ1v) is 5.57. The van der Waals surface area contributed by atoms with Crippen LogP contribution in [0.25, 0.3) is 0 Å². The summed E-state index contributed by atoms with van der Waals surface area (Å²) in [5.74, 6) is -0.469. The largest absolute Gasteiger partial charge is 0.389 e. The highest BCUT2D eigenvalue weighted by molar-refractivity contribution is 5.20. The predicted molar refractivity (Wildman–Crippen MR) is 59.4 cm³/mol. The molecule has 1 aromatic carbocycles. The van der Waals surface area contributed by atoms with Gasteiger partial charge in [0.05, 0.1) is 6.10 Å². The van der Waals surface area contributed by atoms with E-state index in [2.05, 4.69) is 0 Å². The molecule has 0 bridgehead atoms. The minimum Gasteiger partial charge on any atom is -0.372 e. The minimum atomic E-state index is -4.19. The molecule has 0 saturated heterocycles. The van der Waals surface area contributed by atoms with Crippen LogP contribution in [0.4, 0.5) is 17.6 Å². The fourth-order valence-corrected chi connectivity index (χ4v) is 1.52. The number of ether oxygens (including phenoxy) is 1. The second-order valence-corrected chi connectivity index (χ2v) is 3.84. The molecule has 2 nitrogen and oxygen atoms in total. The lowest BCUT2D eigenvalue weighted by molar-refractivity contribution is -0.138. The van der Waals surface area contributed by atoms with Gasteiger partial charge < -0.3 is 10.5 Å². The molecule has 18 heavy (non-hydrogen) atoms. The van der Waals surface area contributed by atoms with Crippen LogP contribution in [0.3, 0.4) is 0 Å². The molecule has 1 aromatic rings. The average molecular weight is 265 g/mol. The number of alkyl halides is 3. The molecule has 0 saturated carbocycles. The van der Waals surface area contributed by atoms with Gasteiger partial charge in [-0.2, -0.15) is 13.2 Å². The van der Waals surface area contributed by atoms with Crippen molar-refractivity contribution in [3.05, 3.63) is 35.6 Å². The zero-order valence-corrected chi connectivity index (χ0v) is 9.71. The zero-order valence-electron chi connectivity index (χ0n) is 9.71. The number of rotatable bonds is 6. The first-order chi connectivity index (χ1) is 8.44. The van der Waals surface area contributed by atoms with Crippen LogP contribution in [0.15, 0.2) is 24.3 Å². The minimum absolute atomic E-state index is 0.0208. The summed E-state index contributed by atoms with van der Waals surface area (Å²) in [6.45, 7) is -0.0807. The van der Waals surface area contributed by atoms with E-state index in [1.54, 1.807) is 6.07 Å². The van der Waals surface area contributed by atoms with E-state index in [-0.39, 0.29) is 25.1 Å². The highest BCUT2D eigenvalue weighted by Crippen LogP contribution is 2.23. The Labute approximate surface area is 103 Å². The number of hydrogen-bond acceptors (Lipinski definition) is 2.